The third-order valence-corrected chi connectivity index (χ3v) is 7.49. The van der Waals surface area contributed by atoms with Crippen LogP contribution in [0.5, 0.6) is 5.75 Å². The van der Waals surface area contributed by atoms with Crippen molar-refractivity contribution in [2.45, 2.75) is 58.8 Å². The van der Waals surface area contributed by atoms with E-state index >= 15 is 0 Å². The number of nitrogens with zero attached hydrogens (tertiary/aromatic N) is 4. The molecule has 6 heteroatoms. The van der Waals surface area contributed by atoms with Crippen LogP contribution in [0.4, 0.5) is 22.7 Å². The van der Waals surface area contributed by atoms with Crippen molar-refractivity contribution in [2.75, 3.05) is 0 Å². The zero-order valence-electron chi connectivity index (χ0n) is 25.4. The Morgan fingerprint density at radius 1 is 0.545 bits per heavy atom. The van der Waals surface area contributed by atoms with Gasteiger partial charge in [-0.3, -0.25) is 0 Å². The Labute approximate surface area is 259 Å². The van der Waals surface area contributed by atoms with Gasteiger partial charge in [0.05, 0.1) is 28.3 Å². The topological polar surface area (TPSA) is 75.7 Å². The van der Waals surface area contributed by atoms with E-state index in [-0.39, 0.29) is 5.97 Å². The van der Waals surface area contributed by atoms with Crippen molar-refractivity contribution in [1.29, 1.82) is 0 Å². The van der Waals surface area contributed by atoms with Crippen LogP contribution in [0.25, 0.3) is 10.8 Å². The molecule has 222 valence electrons. The number of fused-ring (bicyclic) bond motifs is 1. The van der Waals surface area contributed by atoms with Gasteiger partial charge in [0.1, 0.15) is 5.75 Å². The van der Waals surface area contributed by atoms with E-state index in [1.54, 1.807) is 24.3 Å². The van der Waals surface area contributed by atoms with Crippen molar-refractivity contribution in [3.63, 3.8) is 0 Å². The minimum atomic E-state index is -0.382. The molecule has 5 aromatic carbocycles. The van der Waals surface area contributed by atoms with E-state index in [2.05, 4.69) is 46.4 Å². The van der Waals surface area contributed by atoms with Crippen molar-refractivity contribution in [2.24, 2.45) is 20.5 Å². The number of benzene rings is 5. The normalized spacial score (nSPS) is 11.5. The van der Waals surface area contributed by atoms with Crippen LogP contribution in [0.1, 0.15) is 67.4 Å². The summed E-state index contributed by atoms with van der Waals surface area (Å²) in [6.45, 7) is 4.40. The number of hydrogen-bond acceptors (Lipinski definition) is 6. The fraction of sp³-hybridized carbons (Fsp3) is 0.237. The molecule has 5 rings (SSSR count). The lowest BCUT2D eigenvalue weighted by Crippen LogP contribution is -2.08. The van der Waals surface area contributed by atoms with Crippen LogP contribution < -0.4 is 4.74 Å². The first-order valence-electron chi connectivity index (χ1n) is 15.5. The maximum atomic E-state index is 12.6. The number of azo groups is 2. The molecule has 0 N–H and O–H groups in total. The van der Waals surface area contributed by atoms with E-state index in [1.165, 1.54) is 36.8 Å². The molecule has 0 spiro atoms. The molecule has 0 heterocycles. The molecule has 6 nitrogen and oxygen atoms in total. The van der Waals surface area contributed by atoms with E-state index in [1.807, 2.05) is 72.8 Å². The van der Waals surface area contributed by atoms with Crippen LogP contribution in [0.15, 0.2) is 130 Å². The molecule has 0 saturated carbocycles. The smallest absolute Gasteiger partial charge is 0.343 e. The van der Waals surface area contributed by atoms with Crippen LogP contribution in [0, 0.1) is 0 Å². The zero-order chi connectivity index (χ0) is 30.6. The van der Waals surface area contributed by atoms with Crippen molar-refractivity contribution in [1.82, 2.24) is 0 Å². The Hall–Kier alpha value is -4.97. The average Bonchev–Trinajstić information content (AvgIpc) is 3.07. The van der Waals surface area contributed by atoms with Gasteiger partial charge in [-0.25, -0.2) is 4.79 Å². The summed E-state index contributed by atoms with van der Waals surface area (Å²) in [6.07, 6.45) is 8.04. The van der Waals surface area contributed by atoms with Crippen molar-refractivity contribution in [3.8, 4) is 5.75 Å². The molecule has 44 heavy (non-hydrogen) atoms. The minimum Gasteiger partial charge on any atom is -0.423 e. The molecule has 0 aliphatic heterocycles. The van der Waals surface area contributed by atoms with Crippen LogP contribution >= 0.6 is 0 Å². The van der Waals surface area contributed by atoms with Crippen LogP contribution in [-0.4, -0.2) is 5.97 Å². The predicted octanol–water partition coefficient (Wildman–Crippen LogP) is 12.0. The standard InChI is InChI=1S/C38H38N4O2/c1-3-5-7-11-29-14-18-30(19-15-29)38(43)44-33-24-22-32(23-25-33)40-42-37-27-26-36(34-12-8-9-13-35(34)37)41-39-31-20-16-28(17-21-31)10-6-4-2/h8-9,12-27H,3-7,10-11H2,1-2H3/b41-39+,42-40+. The maximum Gasteiger partial charge on any atom is 0.343 e. The Morgan fingerprint density at radius 2 is 1.05 bits per heavy atom. The number of unbranched alkanes of at least 4 members (excludes halogenated alkanes) is 3. The first-order valence-corrected chi connectivity index (χ1v) is 15.5. The Bertz CT molecular complexity index is 1720. The van der Waals surface area contributed by atoms with Gasteiger partial charge in [-0.05, 0) is 97.5 Å². The first kappa shape index (κ1) is 30.5. The lowest BCUT2D eigenvalue weighted by molar-refractivity contribution is 0.0734. The molecule has 0 radical (unpaired) electrons. The van der Waals surface area contributed by atoms with Gasteiger partial charge in [0.2, 0.25) is 0 Å². The van der Waals surface area contributed by atoms with E-state index in [0.29, 0.717) is 17.0 Å². The fourth-order valence-electron chi connectivity index (χ4n) is 4.91. The zero-order valence-corrected chi connectivity index (χ0v) is 25.4. The summed E-state index contributed by atoms with van der Waals surface area (Å²) in [5, 5.41) is 19.8. The van der Waals surface area contributed by atoms with E-state index in [4.69, 9.17) is 4.74 Å². The molecule has 0 atom stereocenters. The van der Waals surface area contributed by atoms with Crippen molar-refractivity contribution in [3.05, 3.63) is 126 Å². The number of ether oxygens (including phenoxy) is 1. The maximum absolute atomic E-state index is 12.6. The van der Waals surface area contributed by atoms with E-state index < -0.39 is 0 Å². The van der Waals surface area contributed by atoms with Gasteiger partial charge in [-0.2, -0.15) is 10.2 Å². The third kappa shape index (κ3) is 8.32. The fourth-order valence-corrected chi connectivity index (χ4v) is 4.91. The van der Waals surface area contributed by atoms with Gasteiger partial charge < -0.3 is 4.74 Å². The first-order chi connectivity index (χ1) is 21.6. The van der Waals surface area contributed by atoms with Gasteiger partial charge in [-0.1, -0.05) is 81.6 Å². The number of esters is 1. The summed E-state index contributed by atoms with van der Waals surface area (Å²) in [6, 6.07) is 34.7. The van der Waals surface area contributed by atoms with Gasteiger partial charge >= 0.3 is 5.97 Å². The van der Waals surface area contributed by atoms with E-state index in [0.717, 1.165) is 47.1 Å². The second-order valence-electron chi connectivity index (χ2n) is 10.9. The largest absolute Gasteiger partial charge is 0.423 e. The lowest BCUT2D eigenvalue weighted by atomic mass is 10.1. The molecule has 0 aromatic heterocycles. The van der Waals surface area contributed by atoms with Gasteiger partial charge in [0, 0.05) is 10.8 Å². The molecule has 0 unspecified atom stereocenters. The SMILES string of the molecule is CCCCCc1ccc(C(=O)Oc2ccc(/N=N/c3ccc(/N=N/c4ccc(CCCC)cc4)c4ccccc34)cc2)cc1. The molecule has 0 bridgehead atoms. The van der Waals surface area contributed by atoms with Gasteiger partial charge in [-0.15, -0.1) is 10.2 Å². The van der Waals surface area contributed by atoms with Gasteiger partial charge in [0.25, 0.3) is 0 Å². The Balaban J connectivity index is 1.23. The monoisotopic (exact) mass is 582 g/mol. The van der Waals surface area contributed by atoms with Crippen molar-refractivity contribution < 1.29 is 9.53 Å². The Kier molecular flexibility index (Phi) is 10.7. The summed E-state index contributed by atoms with van der Waals surface area (Å²) in [5.41, 5.74) is 6.06. The highest BCUT2D eigenvalue weighted by Gasteiger charge is 2.09. The van der Waals surface area contributed by atoms with Crippen LogP contribution in [-0.2, 0) is 12.8 Å². The number of hydrogen-bond donors (Lipinski definition) is 0. The summed E-state index contributed by atoms with van der Waals surface area (Å²) >= 11 is 0. The second-order valence-corrected chi connectivity index (χ2v) is 10.9. The molecule has 0 saturated heterocycles. The molecule has 0 aliphatic carbocycles. The predicted molar refractivity (Wildman–Crippen MR) is 178 cm³/mol. The second kappa shape index (κ2) is 15.5. The minimum absolute atomic E-state index is 0.382. The molecule has 0 fully saturated rings. The highest BCUT2D eigenvalue weighted by atomic mass is 16.5. The number of carbonyl (C=O) groups excluding carboxylic acids is 1. The third-order valence-electron chi connectivity index (χ3n) is 7.49. The van der Waals surface area contributed by atoms with Gasteiger partial charge in [0.15, 0.2) is 0 Å². The molecular weight excluding hydrogens is 544 g/mol. The van der Waals surface area contributed by atoms with Crippen LogP contribution in [0.2, 0.25) is 0 Å². The Morgan fingerprint density at radius 3 is 1.59 bits per heavy atom. The quantitative estimate of drug-likeness (QED) is 0.0599. The highest BCUT2D eigenvalue weighted by molar-refractivity contribution is 5.99. The molecule has 5 aromatic rings. The number of aryl methyl sites for hydroxylation is 2. The number of rotatable bonds is 13. The van der Waals surface area contributed by atoms with Crippen LogP contribution in [0.3, 0.4) is 0 Å². The highest BCUT2D eigenvalue weighted by Crippen LogP contribution is 2.35. The lowest BCUT2D eigenvalue weighted by Gasteiger charge is -2.06. The molecule has 0 aliphatic rings. The van der Waals surface area contributed by atoms with Crippen molar-refractivity contribution >= 4 is 39.5 Å². The molecular formula is C38H38N4O2. The average molecular weight is 583 g/mol. The number of carbonyl (C=O) groups is 1. The van der Waals surface area contributed by atoms with E-state index in [9.17, 15) is 4.79 Å². The summed E-state index contributed by atoms with van der Waals surface area (Å²) in [4.78, 5) is 12.6. The summed E-state index contributed by atoms with van der Waals surface area (Å²) in [7, 11) is 0. The summed E-state index contributed by atoms with van der Waals surface area (Å²) < 4.78 is 5.57. The molecule has 0 amide bonds. The summed E-state index contributed by atoms with van der Waals surface area (Å²) in [5.74, 6) is 0.0731.